The summed E-state index contributed by atoms with van der Waals surface area (Å²) < 4.78 is 0. The molecule has 0 heterocycles. The van der Waals surface area contributed by atoms with Crippen molar-refractivity contribution in [2.45, 2.75) is 19.3 Å². The average Bonchev–Trinajstić information content (AvgIpc) is 2.80. The van der Waals surface area contributed by atoms with Crippen molar-refractivity contribution < 1.29 is 4.79 Å². The summed E-state index contributed by atoms with van der Waals surface area (Å²) in [7, 11) is 0. The molecule has 2 rings (SSSR count). The lowest BCUT2D eigenvalue weighted by Gasteiger charge is -2.08. The van der Waals surface area contributed by atoms with Crippen molar-refractivity contribution in [3.8, 4) is 0 Å². The molecule has 0 aliphatic heterocycles. The molecule has 4 heteroatoms. The van der Waals surface area contributed by atoms with E-state index in [4.69, 9.17) is 11.6 Å². The molecule has 1 aromatic carbocycles. The zero-order valence-electron chi connectivity index (χ0n) is 8.79. The van der Waals surface area contributed by atoms with E-state index < -0.39 is 0 Å². The fraction of sp³-hybridized carbons (Fsp3) is 0.250. The molecule has 1 aliphatic carbocycles. The molecule has 2 N–H and O–H groups in total. The second-order valence-corrected chi connectivity index (χ2v) is 4.14. The molecule has 0 unspecified atom stereocenters. The van der Waals surface area contributed by atoms with Gasteiger partial charge in [0.05, 0.1) is 0 Å². The van der Waals surface area contributed by atoms with Crippen LogP contribution >= 0.6 is 11.6 Å². The molecule has 0 saturated carbocycles. The van der Waals surface area contributed by atoms with Gasteiger partial charge in [0.1, 0.15) is 0 Å². The van der Waals surface area contributed by atoms with Gasteiger partial charge in [-0.15, -0.1) is 0 Å². The smallest absolute Gasteiger partial charge is 0.269 e. The topological polar surface area (TPSA) is 41.1 Å². The van der Waals surface area contributed by atoms with Gasteiger partial charge in [0, 0.05) is 16.3 Å². The van der Waals surface area contributed by atoms with Crippen molar-refractivity contribution in [1.29, 1.82) is 0 Å². The summed E-state index contributed by atoms with van der Waals surface area (Å²) in [6, 6.07) is 6.79. The maximum atomic E-state index is 11.7. The Balaban J connectivity index is 1.90. The first kappa shape index (κ1) is 11.0. The van der Waals surface area contributed by atoms with E-state index in [9.17, 15) is 4.79 Å². The fourth-order valence-corrected chi connectivity index (χ4v) is 1.72. The molecule has 16 heavy (non-hydrogen) atoms. The number of rotatable bonds is 3. The zero-order valence-corrected chi connectivity index (χ0v) is 9.55. The number of allylic oxidation sites excluding steroid dienone is 2. The van der Waals surface area contributed by atoms with Gasteiger partial charge in [-0.25, -0.2) is 0 Å². The van der Waals surface area contributed by atoms with E-state index in [0.717, 1.165) is 25.0 Å². The molecular weight excluding hydrogens is 224 g/mol. The van der Waals surface area contributed by atoms with Crippen molar-refractivity contribution in [2.75, 3.05) is 0 Å². The van der Waals surface area contributed by atoms with Crippen LogP contribution in [0, 0.1) is 0 Å². The van der Waals surface area contributed by atoms with Gasteiger partial charge in [-0.1, -0.05) is 17.7 Å². The molecule has 3 nitrogen and oxygen atoms in total. The van der Waals surface area contributed by atoms with Gasteiger partial charge < -0.3 is 5.43 Å². The van der Waals surface area contributed by atoms with Crippen molar-refractivity contribution in [1.82, 2.24) is 10.9 Å². The molecule has 0 fully saturated rings. The molecule has 84 valence electrons. The quantitative estimate of drug-likeness (QED) is 0.793. The summed E-state index contributed by atoms with van der Waals surface area (Å²) in [6.45, 7) is 0. The Labute approximate surface area is 99.5 Å². The third-order valence-corrected chi connectivity index (χ3v) is 2.74. The van der Waals surface area contributed by atoms with E-state index in [1.165, 1.54) is 0 Å². The predicted molar refractivity (Wildman–Crippen MR) is 64.0 cm³/mol. The predicted octanol–water partition coefficient (Wildman–Crippen LogP) is 2.64. The van der Waals surface area contributed by atoms with E-state index >= 15 is 0 Å². The van der Waals surface area contributed by atoms with Gasteiger partial charge in [0.15, 0.2) is 0 Å². The van der Waals surface area contributed by atoms with E-state index in [1.54, 1.807) is 24.3 Å². The Kier molecular flexibility index (Phi) is 3.47. The average molecular weight is 237 g/mol. The number of hydrogen-bond acceptors (Lipinski definition) is 2. The number of carbonyl (C=O) groups is 1. The second kappa shape index (κ2) is 5.03. The molecule has 1 aliphatic rings. The van der Waals surface area contributed by atoms with Gasteiger partial charge in [-0.3, -0.25) is 10.2 Å². The Morgan fingerprint density at radius 3 is 2.62 bits per heavy atom. The Morgan fingerprint density at radius 1 is 1.25 bits per heavy atom. The number of hydrogen-bond donors (Lipinski definition) is 2. The SMILES string of the molecule is O=C(NNC1=CCCC1)c1ccc(Cl)cc1. The van der Waals surface area contributed by atoms with Crippen LogP contribution in [0.4, 0.5) is 0 Å². The number of halogens is 1. The molecule has 0 spiro atoms. The minimum atomic E-state index is -0.149. The number of nitrogens with one attached hydrogen (secondary N) is 2. The highest BCUT2D eigenvalue weighted by molar-refractivity contribution is 6.30. The van der Waals surface area contributed by atoms with Crippen LogP contribution in [0.25, 0.3) is 0 Å². The van der Waals surface area contributed by atoms with E-state index in [0.29, 0.717) is 10.6 Å². The lowest BCUT2D eigenvalue weighted by Crippen LogP contribution is -2.36. The van der Waals surface area contributed by atoms with Gasteiger partial charge in [-0.2, -0.15) is 0 Å². The normalized spacial score (nSPS) is 14.4. The summed E-state index contributed by atoms with van der Waals surface area (Å²) >= 11 is 5.74. The number of amides is 1. The van der Waals surface area contributed by atoms with Crippen LogP contribution in [-0.4, -0.2) is 5.91 Å². The molecule has 0 aromatic heterocycles. The number of carbonyl (C=O) groups excluding carboxylic acids is 1. The fourth-order valence-electron chi connectivity index (χ4n) is 1.59. The maximum absolute atomic E-state index is 11.7. The lowest BCUT2D eigenvalue weighted by atomic mass is 10.2. The van der Waals surface area contributed by atoms with Gasteiger partial charge in [-0.05, 0) is 43.5 Å². The summed E-state index contributed by atoms with van der Waals surface area (Å²) in [5.41, 5.74) is 7.26. The van der Waals surface area contributed by atoms with Crippen molar-refractivity contribution in [2.24, 2.45) is 0 Å². The molecule has 0 radical (unpaired) electrons. The van der Waals surface area contributed by atoms with Crippen molar-refractivity contribution in [3.63, 3.8) is 0 Å². The highest BCUT2D eigenvalue weighted by Crippen LogP contribution is 2.14. The van der Waals surface area contributed by atoms with Crippen LogP contribution < -0.4 is 10.9 Å². The van der Waals surface area contributed by atoms with Crippen molar-refractivity contribution in [3.05, 3.63) is 46.6 Å². The largest absolute Gasteiger partial charge is 0.303 e. The van der Waals surface area contributed by atoms with Crippen LogP contribution in [0.15, 0.2) is 36.0 Å². The van der Waals surface area contributed by atoms with Gasteiger partial charge in [0.25, 0.3) is 5.91 Å². The van der Waals surface area contributed by atoms with Crippen LogP contribution in [-0.2, 0) is 0 Å². The minimum Gasteiger partial charge on any atom is -0.303 e. The third-order valence-electron chi connectivity index (χ3n) is 2.48. The van der Waals surface area contributed by atoms with Crippen LogP contribution in [0.2, 0.25) is 5.02 Å². The highest BCUT2D eigenvalue weighted by Gasteiger charge is 2.07. The number of hydrazine groups is 1. The zero-order chi connectivity index (χ0) is 11.4. The summed E-state index contributed by atoms with van der Waals surface area (Å²) in [4.78, 5) is 11.7. The van der Waals surface area contributed by atoms with E-state index in [2.05, 4.69) is 16.9 Å². The summed E-state index contributed by atoms with van der Waals surface area (Å²) in [5.74, 6) is -0.149. The third kappa shape index (κ3) is 2.76. The molecular formula is C12H13ClN2O. The monoisotopic (exact) mass is 236 g/mol. The first-order chi connectivity index (χ1) is 7.75. The second-order valence-electron chi connectivity index (χ2n) is 3.71. The van der Waals surface area contributed by atoms with Crippen LogP contribution in [0.1, 0.15) is 29.6 Å². The standard InChI is InChI=1S/C12H13ClN2O/c13-10-7-5-9(6-8-10)12(16)15-14-11-3-1-2-4-11/h3,5-8,14H,1-2,4H2,(H,15,16). The lowest BCUT2D eigenvalue weighted by molar-refractivity contribution is 0.0938. The summed E-state index contributed by atoms with van der Waals surface area (Å²) in [5, 5.41) is 0.628. The Morgan fingerprint density at radius 2 is 2.00 bits per heavy atom. The Bertz CT molecular complexity index is 412. The Hall–Kier alpha value is -1.48. The summed E-state index contributed by atoms with van der Waals surface area (Å²) in [6.07, 6.45) is 5.33. The van der Waals surface area contributed by atoms with Gasteiger partial charge >= 0.3 is 0 Å². The minimum absolute atomic E-state index is 0.149. The first-order valence-corrected chi connectivity index (χ1v) is 5.64. The van der Waals surface area contributed by atoms with E-state index in [1.807, 2.05) is 0 Å². The molecule has 1 aromatic rings. The molecule has 0 bridgehead atoms. The van der Waals surface area contributed by atoms with Crippen LogP contribution in [0.3, 0.4) is 0 Å². The van der Waals surface area contributed by atoms with Crippen LogP contribution in [0.5, 0.6) is 0 Å². The highest BCUT2D eigenvalue weighted by atomic mass is 35.5. The first-order valence-electron chi connectivity index (χ1n) is 5.26. The van der Waals surface area contributed by atoms with E-state index in [-0.39, 0.29) is 5.91 Å². The molecule has 0 saturated heterocycles. The van der Waals surface area contributed by atoms with Crippen molar-refractivity contribution >= 4 is 17.5 Å². The maximum Gasteiger partial charge on any atom is 0.269 e. The number of benzene rings is 1. The molecule has 0 atom stereocenters. The van der Waals surface area contributed by atoms with Gasteiger partial charge in [0.2, 0.25) is 0 Å². The molecule has 1 amide bonds.